The molecule has 6 heteroatoms. The molecule has 2 N–H and O–H groups in total. The van der Waals surface area contributed by atoms with Crippen molar-refractivity contribution >= 4 is 5.82 Å². The molecule has 3 rings (SSSR count). The van der Waals surface area contributed by atoms with Gasteiger partial charge in [0.15, 0.2) is 0 Å². The number of hydrogen-bond acceptors (Lipinski definition) is 6. The van der Waals surface area contributed by atoms with Crippen molar-refractivity contribution in [2.24, 2.45) is 0 Å². The lowest BCUT2D eigenvalue weighted by atomic mass is 10.1. The Hall–Kier alpha value is -2.76. The van der Waals surface area contributed by atoms with Gasteiger partial charge in [0.2, 0.25) is 5.82 Å². The highest BCUT2D eigenvalue weighted by Crippen LogP contribution is 2.24. The van der Waals surface area contributed by atoms with E-state index in [1.165, 1.54) is 0 Å². The van der Waals surface area contributed by atoms with E-state index in [9.17, 15) is 0 Å². The summed E-state index contributed by atoms with van der Waals surface area (Å²) in [5.74, 6) is 1.43. The topological polar surface area (TPSA) is 90.7 Å². The standard InChI is InChI=1S/C14H13N5O/c1-2-9-7-16-6-5-11(9)13-18-14(20-19-13)10-3-4-12(15)17-8-10/h3-8H,2H2,1H3,(H2,15,17). The molecule has 0 aliphatic rings. The first-order valence-corrected chi connectivity index (χ1v) is 6.27. The number of nitrogens with two attached hydrogens (primary N) is 1. The summed E-state index contributed by atoms with van der Waals surface area (Å²) in [5, 5.41) is 4.02. The van der Waals surface area contributed by atoms with E-state index in [-0.39, 0.29) is 0 Å². The molecule has 6 nitrogen and oxygen atoms in total. The molecular weight excluding hydrogens is 254 g/mol. The van der Waals surface area contributed by atoms with Gasteiger partial charge in [0.05, 0.1) is 5.56 Å². The van der Waals surface area contributed by atoms with Crippen LogP contribution in [0, 0.1) is 0 Å². The molecule has 3 aromatic heterocycles. The number of hydrogen-bond donors (Lipinski definition) is 1. The summed E-state index contributed by atoms with van der Waals surface area (Å²) in [6.45, 7) is 2.06. The molecule has 100 valence electrons. The maximum Gasteiger partial charge on any atom is 0.259 e. The SMILES string of the molecule is CCc1cnccc1-c1noc(-c2ccc(N)nc2)n1. The van der Waals surface area contributed by atoms with Gasteiger partial charge in [0.25, 0.3) is 5.89 Å². The summed E-state index contributed by atoms with van der Waals surface area (Å²) in [5.41, 5.74) is 8.31. The third kappa shape index (κ3) is 2.23. The van der Waals surface area contributed by atoms with Crippen molar-refractivity contribution in [3.05, 3.63) is 42.4 Å². The van der Waals surface area contributed by atoms with E-state index in [0.29, 0.717) is 17.5 Å². The van der Waals surface area contributed by atoms with E-state index in [1.54, 1.807) is 24.5 Å². The lowest BCUT2D eigenvalue weighted by Crippen LogP contribution is -1.91. The molecule has 0 saturated carbocycles. The third-order valence-electron chi connectivity index (χ3n) is 2.98. The lowest BCUT2D eigenvalue weighted by molar-refractivity contribution is 0.432. The Morgan fingerprint density at radius 1 is 1.20 bits per heavy atom. The van der Waals surface area contributed by atoms with Crippen LogP contribution in [0.1, 0.15) is 12.5 Å². The maximum absolute atomic E-state index is 5.55. The normalized spacial score (nSPS) is 10.7. The summed E-state index contributed by atoms with van der Waals surface area (Å²) in [6, 6.07) is 5.38. The van der Waals surface area contributed by atoms with Gasteiger partial charge in [-0.2, -0.15) is 4.98 Å². The Balaban J connectivity index is 2.00. The van der Waals surface area contributed by atoms with Gasteiger partial charge in [0, 0.05) is 24.2 Å². The predicted octanol–water partition coefficient (Wildman–Crippen LogP) is 2.34. The quantitative estimate of drug-likeness (QED) is 0.783. The van der Waals surface area contributed by atoms with Crippen LogP contribution in [0.3, 0.4) is 0 Å². The van der Waals surface area contributed by atoms with Crippen molar-refractivity contribution in [1.82, 2.24) is 20.1 Å². The molecular formula is C14H13N5O. The molecule has 0 unspecified atom stereocenters. The van der Waals surface area contributed by atoms with Crippen molar-refractivity contribution in [1.29, 1.82) is 0 Å². The van der Waals surface area contributed by atoms with Crippen molar-refractivity contribution in [2.45, 2.75) is 13.3 Å². The summed E-state index contributed by atoms with van der Waals surface area (Å²) in [6.07, 6.45) is 6.00. The van der Waals surface area contributed by atoms with Crippen LogP contribution in [0.15, 0.2) is 41.3 Å². The minimum absolute atomic E-state index is 0.423. The van der Waals surface area contributed by atoms with Crippen LogP contribution in [-0.4, -0.2) is 20.1 Å². The number of aryl methyl sites for hydroxylation is 1. The Labute approximate surface area is 115 Å². The third-order valence-corrected chi connectivity index (χ3v) is 2.98. The summed E-state index contributed by atoms with van der Waals surface area (Å²) in [7, 11) is 0. The molecule has 0 spiro atoms. The van der Waals surface area contributed by atoms with Gasteiger partial charge >= 0.3 is 0 Å². The van der Waals surface area contributed by atoms with Gasteiger partial charge < -0.3 is 10.3 Å². The van der Waals surface area contributed by atoms with Crippen LogP contribution >= 0.6 is 0 Å². The molecule has 0 saturated heterocycles. The van der Waals surface area contributed by atoms with Gasteiger partial charge in [-0.15, -0.1) is 0 Å². The molecule has 0 atom stereocenters. The van der Waals surface area contributed by atoms with Crippen molar-refractivity contribution in [2.75, 3.05) is 5.73 Å². The second kappa shape index (κ2) is 5.08. The number of nitrogen functional groups attached to an aromatic ring is 1. The van der Waals surface area contributed by atoms with Crippen molar-refractivity contribution in [3.8, 4) is 22.8 Å². The smallest absolute Gasteiger partial charge is 0.259 e. The zero-order valence-electron chi connectivity index (χ0n) is 10.9. The Bertz CT molecular complexity index is 720. The monoisotopic (exact) mass is 267 g/mol. The Morgan fingerprint density at radius 2 is 2.10 bits per heavy atom. The lowest BCUT2D eigenvalue weighted by Gasteiger charge is -2.00. The first-order chi connectivity index (χ1) is 9.78. The average molecular weight is 267 g/mol. The molecule has 0 aliphatic carbocycles. The van der Waals surface area contributed by atoms with E-state index in [1.807, 2.05) is 12.3 Å². The first-order valence-electron chi connectivity index (χ1n) is 6.27. The van der Waals surface area contributed by atoms with Crippen LogP contribution in [0.4, 0.5) is 5.82 Å². The van der Waals surface area contributed by atoms with Gasteiger partial charge in [0.1, 0.15) is 5.82 Å². The van der Waals surface area contributed by atoms with E-state index in [2.05, 4.69) is 27.0 Å². The highest BCUT2D eigenvalue weighted by Gasteiger charge is 2.13. The molecule has 0 aromatic carbocycles. The highest BCUT2D eigenvalue weighted by molar-refractivity contribution is 5.62. The second-order valence-corrected chi connectivity index (χ2v) is 4.28. The Morgan fingerprint density at radius 3 is 2.85 bits per heavy atom. The van der Waals surface area contributed by atoms with Crippen LogP contribution in [0.25, 0.3) is 22.8 Å². The minimum Gasteiger partial charge on any atom is -0.384 e. The van der Waals surface area contributed by atoms with Gasteiger partial charge in [-0.25, -0.2) is 4.98 Å². The number of anilines is 1. The second-order valence-electron chi connectivity index (χ2n) is 4.28. The van der Waals surface area contributed by atoms with E-state index < -0.39 is 0 Å². The van der Waals surface area contributed by atoms with Crippen LogP contribution in [0.2, 0.25) is 0 Å². The van der Waals surface area contributed by atoms with Crippen LogP contribution < -0.4 is 5.73 Å². The molecule has 0 fully saturated rings. The van der Waals surface area contributed by atoms with Gasteiger partial charge in [-0.1, -0.05) is 12.1 Å². The zero-order valence-corrected chi connectivity index (χ0v) is 10.9. The summed E-state index contributed by atoms with van der Waals surface area (Å²) in [4.78, 5) is 12.5. The van der Waals surface area contributed by atoms with Crippen molar-refractivity contribution < 1.29 is 4.52 Å². The first kappa shape index (κ1) is 12.3. The fourth-order valence-corrected chi connectivity index (χ4v) is 1.91. The predicted molar refractivity (Wildman–Crippen MR) is 74.6 cm³/mol. The van der Waals surface area contributed by atoms with Crippen LogP contribution in [-0.2, 0) is 6.42 Å². The minimum atomic E-state index is 0.423. The van der Waals surface area contributed by atoms with E-state index in [4.69, 9.17) is 10.3 Å². The Kier molecular flexibility index (Phi) is 3.12. The number of pyridine rings is 2. The number of aromatic nitrogens is 4. The zero-order chi connectivity index (χ0) is 13.9. The molecule has 0 radical (unpaired) electrons. The molecule has 0 aliphatic heterocycles. The van der Waals surface area contributed by atoms with Crippen molar-refractivity contribution in [3.63, 3.8) is 0 Å². The summed E-state index contributed by atoms with van der Waals surface area (Å²) >= 11 is 0. The van der Waals surface area contributed by atoms with E-state index >= 15 is 0 Å². The molecule has 3 heterocycles. The fourth-order valence-electron chi connectivity index (χ4n) is 1.91. The molecule has 3 aromatic rings. The molecule has 20 heavy (non-hydrogen) atoms. The van der Waals surface area contributed by atoms with Crippen LogP contribution in [0.5, 0.6) is 0 Å². The van der Waals surface area contributed by atoms with E-state index in [0.717, 1.165) is 23.1 Å². The average Bonchev–Trinajstić information content (AvgIpc) is 2.97. The summed E-state index contributed by atoms with van der Waals surface area (Å²) < 4.78 is 5.28. The van der Waals surface area contributed by atoms with Gasteiger partial charge in [-0.05, 0) is 30.2 Å². The van der Waals surface area contributed by atoms with Gasteiger partial charge in [-0.3, -0.25) is 4.98 Å². The molecule has 0 bridgehead atoms. The molecule has 0 amide bonds. The number of rotatable bonds is 3. The maximum atomic E-state index is 5.55. The largest absolute Gasteiger partial charge is 0.384 e. The highest BCUT2D eigenvalue weighted by atomic mass is 16.5. The number of nitrogens with zero attached hydrogens (tertiary/aromatic N) is 4. The fraction of sp³-hybridized carbons (Fsp3) is 0.143.